The summed E-state index contributed by atoms with van der Waals surface area (Å²) in [5.74, 6) is 0. The minimum absolute atomic E-state index is 0.582. The molecule has 63 heavy (non-hydrogen) atoms. The van der Waals surface area contributed by atoms with Crippen LogP contribution in [0.25, 0.3) is 44.5 Å². The Kier molecular flexibility index (Phi) is 7.80. The summed E-state index contributed by atoms with van der Waals surface area (Å²) in [4.78, 5) is 2.54. The summed E-state index contributed by atoms with van der Waals surface area (Å²) in [6.07, 6.45) is 0. The second-order valence-electron chi connectivity index (χ2n) is 17.1. The highest BCUT2D eigenvalue weighted by Crippen LogP contribution is 2.69. The maximum Gasteiger partial charge on any atom is 0.0740 e. The van der Waals surface area contributed by atoms with Gasteiger partial charge in [0.1, 0.15) is 0 Å². The molecule has 3 aliphatic carbocycles. The fourth-order valence-corrected chi connectivity index (χ4v) is 11.8. The summed E-state index contributed by atoms with van der Waals surface area (Å²) in [7, 11) is 0. The van der Waals surface area contributed by atoms with Crippen molar-refractivity contribution in [2.24, 2.45) is 0 Å². The average Bonchev–Trinajstić information content (AvgIpc) is 3.83. The molecule has 0 unspecified atom stereocenters. The first kappa shape index (κ1) is 35.7. The number of rotatable bonds is 5. The highest BCUT2D eigenvalue weighted by atomic mass is 15.1. The van der Waals surface area contributed by atoms with Crippen molar-refractivity contribution in [3.63, 3.8) is 0 Å². The van der Waals surface area contributed by atoms with Crippen molar-refractivity contribution < 1.29 is 0 Å². The van der Waals surface area contributed by atoms with E-state index in [1.54, 1.807) is 0 Å². The number of nitrogens with zero attached hydrogens (tertiary/aromatic N) is 1. The largest absolute Gasteiger partial charge is 0.310 e. The first-order valence-electron chi connectivity index (χ1n) is 22.0. The first-order valence-corrected chi connectivity index (χ1v) is 22.0. The molecule has 3 aliphatic rings. The molecule has 1 heteroatoms. The van der Waals surface area contributed by atoms with Crippen molar-refractivity contribution >= 4 is 17.1 Å². The molecular formula is C62H41N. The Morgan fingerprint density at radius 3 is 1.16 bits per heavy atom. The van der Waals surface area contributed by atoms with Crippen LogP contribution < -0.4 is 4.90 Å². The van der Waals surface area contributed by atoms with Gasteiger partial charge in [0.2, 0.25) is 0 Å². The van der Waals surface area contributed by atoms with Crippen LogP contribution in [-0.4, -0.2) is 0 Å². The molecule has 0 saturated carbocycles. The summed E-state index contributed by atoms with van der Waals surface area (Å²) in [5.41, 5.74) is 22.6. The summed E-state index contributed by atoms with van der Waals surface area (Å²) >= 11 is 0. The third-order valence-corrected chi connectivity index (χ3v) is 14.1. The highest BCUT2D eigenvalue weighted by molar-refractivity contribution is 5.97. The van der Waals surface area contributed by atoms with E-state index in [0.717, 1.165) is 17.1 Å². The van der Waals surface area contributed by atoms with Crippen molar-refractivity contribution in [2.45, 2.75) is 10.8 Å². The zero-order valence-corrected chi connectivity index (χ0v) is 34.6. The second-order valence-corrected chi connectivity index (χ2v) is 17.1. The van der Waals surface area contributed by atoms with Crippen LogP contribution >= 0.6 is 0 Å². The molecule has 0 amide bonds. The van der Waals surface area contributed by atoms with E-state index in [-0.39, 0.29) is 0 Å². The molecular weight excluding hydrogens is 759 g/mol. The van der Waals surface area contributed by atoms with Crippen LogP contribution in [0.4, 0.5) is 17.1 Å². The summed E-state index contributed by atoms with van der Waals surface area (Å²) < 4.78 is 0. The Morgan fingerprint density at radius 1 is 0.238 bits per heavy atom. The number of fused-ring (bicyclic) bond motifs is 16. The average molecular weight is 800 g/mol. The molecule has 0 saturated heterocycles. The topological polar surface area (TPSA) is 3.24 Å². The van der Waals surface area contributed by atoms with Gasteiger partial charge in [-0.25, -0.2) is 0 Å². The van der Waals surface area contributed by atoms with Crippen LogP contribution in [-0.2, 0) is 10.8 Å². The Balaban J connectivity index is 1.20. The van der Waals surface area contributed by atoms with Crippen LogP contribution in [0, 0.1) is 0 Å². The SMILES string of the molecule is c1ccc(-c2ccc(N(c3cccc(-c4ccccc4)c3)c3cccc4c3C3(c5ccccc5-c5ccccc53)c3ccccc3C43c4ccccc4-c4ccccc43)cc2)cc1. The lowest BCUT2D eigenvalue weighted by atomic mass is 9.52. The Bertz CT molecular complexity index is 3310. The molecule has 1 nitrogen and oxygen atoms in total. The van der Waals surface area contributed by atoms with Crippen molar-refractivity contribution in [1.82, 2.24) is 0 Å². The highest BCUT2D eigenvalue weighted by Gasteiger charge is 2.60. The fraction of sp³-hybridized carbons (Fsp3) is 0.0323. The summed E-state index contributed by atoms with van der Waals surface area (Å²) in [5, 5.41) is 0. The minimum atomic E-state index is -0.646. The molecule has 0 N–H and O–H groups in total. The van der Waals surface area contributed by atoms with Gasteiger partial charge in [0.25, 0.3) is 0 Å². The molecule has 0 bridgehead atoms. The van der Waals surface area contributed by atoms with E-state index in [9.17, 15) is 0 Å². The van der Waals surface area contributed by atoms with E-state index >= 15 is 0 Å². The molecule has 0 atom stereocenters. The zero-order valence-electron chi connectivity index (χ0n) is 34.6. The van der Waals surface area contributed by atoms with Gasteiger partial charge >= 0.3 is 0 Å². The van der Waals surface area contributed by atoms with Crippen molar-refractivity contribution in [1.29, 1.82) is 0 Å². The maximum atomic E-state index is 2.54. The summed E-state index contributed by atoms with van der Waals surface area (Å²) in [6, 6.07) is 93.0. The number of hydrogen-bond donors (Lipinski definition) is 0. The lowest BCUT2D eigenvalue weighted by molar-refractivity contribution is 0.633. The van der Waals surface area contributed by atoms with E-state index in [2.05, 4.69) is 254 Å². The lowest BCUT2D eigenvalue weighted by Gasteiger charge is -2.50. The molecule has 0 fully saturated rings. The smallest absolute Gasteiger partial charge is 0.0740 e. The Labute approximate surface area is 368 Å². The van der Waals surface area contributed by atoms with Crippen molar-refractivity contribution in [2.75, 3.05) is 4.90 Å². The first-order chi connectivity index (χ1) is 31.3. The normalized spacial score (nSPS) is 14.0. The lowest BCUT2D eigenvalue weighted by Crippen LogP contribution is -2.44. The molecule has 10 aromatic carbocycles. The fourth-order valence-electron chi connectivity index (χ4n) is 11.8. The third kappa shape index (κ3) is 4.88. The molecule has 0 heterocycles. The predicted octanol–water partition coefficient (Wildman–Crippen LogP) is 15.5. The van der Waals surface area contributed by atoms with Gasteiger partial charge in [0.05, 0.1) is 16.5 Å². The van der Waals surface area contributed by atoms with Gasteiger partial charge in [0.15, 0.2) is 0 Å². The number of hydrogen-bond acceptors (Lipinski definition) is 1. The van der Waals surface area contributed by atoms with E-state index < -0.39 is 10.8 Å². The van der Waals surface area contributed by atoms with Gasteiger partial charge in [-0.3, -0.25) is 0 Å². The minimum Gasteiger partial charge on any atom is -0.310 e. The standard InChI is InChI=1S/C62H41N/c1-3-19-42(20-4-1)44-37-39-46(40-38-44)63(47-24-17-23-45(41-47)43-21-5-2-6-22-43)59-36-18-35-58-60(59)62(54-31-13-9-27-50(54)51-28-10-14-32-55(51)62)57-34-16-15-33-56(57)61(58)52-29-11-7-25-48(52)49-26-8-12-30-53(49)61/h1-41H. The van der Waals surface area contributed by atoms with E-state index in [1.165, 1.54) is 89.0 Å². The van der Waals surface area contributed by atoms with Crippen molar-refractivity contribution in [3.8, 4) is 44.5 Å². The zero-order chi connectivity index (χ0) is 41.5. The molecule has 10 aromatic rings. The number of anilines is 3. The van der Waals surface area contributed by atoms with Crippen molar-refractivity contribution in [3.05, 3.63) is 293 Å². The van der Waals surface area contributed by atoms with Gasteiger partial charge in [-0.2, -0.15) is 0 Å². The molecule has 13 rings (SSSR count). The molecule has 0 aliphatic heterocycles. The van der Waals surface area contributed by atoms with Crippen LogP contribution in [0.2, 0.25) is 0 Å². The van der Waals surface area contributed by atoms with Gasteiger partial charge in [-0.1, -0.05) is 218 Å². The molecule has 0 radical (unpaired) electrons. The van der Waals surface area contributed by atoms with E-state index in [4.69, 9.17) is 0 Å². The van der Waals surface area contributed by atoms with Crippen LogP contribution in [0.15, 0.2) is 249 Å². The van der Waals surface area contributed by atoms with Crippen LogP contribution in [0.3, 0.4) is 0 Å². The molecule has 294 valence electrons. The Morgan fingerprint density at radius 2 is 0.619 bits per heavy atom. The second kappa shape index (κ2) is 13.8. The summed E-state index contributed by atoms with van der Waals surface area (Å²) in [6.45, 7) is 0. The maximum absolute atomic E-state index is 2.54. The predicted molar refractivity (Wildman–Crippen MR) is 260 cm³/mol. The van der Waals surface area contributed by atoms with Crippen LogP contribution in [0.1, 0.15) is 44.5 Å². The molecule has 2 spiro atoms. The van der Waals surface area contributed by atoms with Gasteiger partial charge < -0.3 is 4.90 Å². The van der Waals surface area contributed by atoms with Gasteiger partial charge in [0, 0.05) is 16.9 Å². The van der Waals surface area contributed by atoms with E-state index in [1.807, 2.05) is 0 Å². The molecule has 0 aromatic heterocycles. The van der Waals surface area contributed by atoms with E-state index in [0.29, 0.717) is 0 Å². The number of benzene rings is 10. The quantitative estimate of drug-likeness (QED) is 0.168. The van der Waals surface area contributed by atoms with Gasteiger partial charge in [-0.15, -0.1) is 0 Å². The van der Waals surface area contributed by atoms with Crippen LogP contribution in [0.5, 0.6) is 0 Å². The third-order valence-electron chi connectivity index (χ3n) is 14.1. The van der Waals surface area contributed by atoms with Gasteiger partial charge in [-0.05, 0) is 114 Å². The Hall–Kier alpha value is -8.00. The monoisotopic (exact) mass is 799 g/mol.